The molecule has 0 radical (unpaired) electrons. The number of nitrogens with zero attached hydrogens (tertiary/aromatic N) is 1. The second-order valence-corrected chi connectivity index (χ2v) is 3.47. The molecule has 0 aromatic heterocycles. The second kappa shape index (κ2) is 4.79. The van der Waals surface area contributed by atoms with Gasteiger partial charge in [0.2, 0.25) is 5.91 Å². The molecule has 4 heteroatoms. The molecule has 0 unspecified atom stereocenters. The van der Waals surface area contributed by atoms with Gasteiger partial charge < -0.3 is 10.0 Å². The topological polar surface area (TPSA) is 57.6 Å². The van der Waals surface area contributed by atoms with E-state index in [1.165, 1.54) is 0 Å². The Labute approximate surface area is 83.2 Å². The number of likely N-dealkylation sites (tertiary alicyclic amines) is 1. The molecule has 0 aromatic carbocycles. The summed E-state index contributed by atoms with van der Waals surface area (Å²) in [4.78, 5) is 23.1. The van der Waals surface area contributed by atoms with Crippen molar-refractivity contribution in [3.63, 3.8) is 0 Å². The van der Waals surface area contributed by atoms with Gasteiger partial charge in [-0.3, -0.25) is 9.59 Å². The molecule has 0 atom stereocenters. The van der Waals surface area contributed by atoms with Crippen LogP contribution in [-0.4, -0.2) is 35.0 Å². The summed E-state index contributed by atoms with van der Waals surface area (Å²) in [5, 5.41) is 8.48. The Hall–Kier alpha value is -1.32. The van der Waals surface area contributed by atoms with Crippen LogP contribution >= 0.6 is 0 Å². The van der Waals surface area contributed by atoms with Crippen molar-refractivity contribution < 1.29 is 14.7 Å². The van der Waals surface area contributed by atoms with Gasteiger partial charge in [-0.05, 0) is 12.8 Å². The molecular formula is C10H15NO3. The molecular weight excluding hydrogens is 182 g/mol. The number of hydrogen-bond acceptors (Lipinski definition) is 2. The molecule has 4 nitrogen and oxygen atoms in total. The summed E-state index contributed by atoms with van der Waals surface area (Å²) in [5.74, 6) is -0.700. The Morgan fingerprint density at radius 2 is 2.00 bits per heavy atom. The zero-order chi connectivity index (χ0) is 10.6. The standard InChI is InChI=1S/C10H15NO3/c1-8(12)11-6-4-9(5-7-11)2-3-10(13)14/h2H,3-7H2,1H3,(H,13,14). The molecule has 1 saturated heterocycles. The van der Waals surface area contributed by atoms with E-state index in [1.54, 1.807) is 17.9 Å². The summed E-state index contributed by atoms with van der Waals surface area (Å²) in [6, 6.07) is 0. The van der Waals surface area contributed by atoms with E-state index in [0.29, 0.717) is 0 Å². The SMILES string of the molecule is CC(=O)N1CCC(=CCC(=O)O)CC1. The van der Waals surface area contributed by atoms with Crippen molar-refractivity contribution in [1.82, 2.24) is 4.90 Å². The average Bonchev–Trinajstić information content (AvgIpc) is 2.15. The van der Waals surface area contributed by atoms with Gasteiger partial charge in [-0.1, -0.05) is 11.6 Å². The van der Waals surface area contributed by atoms with Crippen LogP contribution < -0.4 is 0 Å². The van der Waals surface area contributed by atoms with Crippen molar-refractivity contribution >= 4 is 11.9 Å². The number of carbonyl (C=O) groups excluding carboxylic acids is 1. The number of amides is 1. The normalized spacial score (nSPS) is 16.6. The summed E-state index contributed by atoms with van der Waals surface area (Å²) < 4.78 is 0. The molecule has 1 aliphatic heterocycles. The number of carbonyl (C=O) groups is 2. The molecule has 1 rings (SSSR count). The van der Waals surface area contributed by atoms with Gasteiger partial charge >= 0.3 is 5.97 Å². The molecule has 0 saturated carbocycles. The van der Waals surface area contributed by atoms with Crippen molar-refractivity contribution in [2.75, 3.05) is 13.1 Å². The van der Waals surface area contributed by atoms with E-state index in [0.717, 1.165) is 31.5 Å². The van der Waals surface area contributed by atoms with Crippen LogP contribution in [-0.2, 0) is 9.59 Å². The fourth-order valence-electron chi connectivity index (χ4n) is 1.54. The number of aliphatic carboxylic acids is 1. The Kier molecular flexibility index (Phi) is 3.68. The molecule has 0 aromatic rings. The third kappa shape index (κ3) is 3.20. The number of rotatable bonds is 2. The summed E-state index contributed by atoms with van der Waals surface area (Å²) >= 11 is 0. The highest BCUT2D eigenvalue weighted by atomic mass is 16.4. The van der Waals surface area contributed by atoms with Gasteiger partial charge in [0.25, 0.3) is 0 Å². The van der Waals surface area contributed by atoms with E-state index in [9.17, 15) is 9.59 Å². The van der Waals surface area contributed by atoms with Gasteiger partial charge in [0, 0.05) is 20.0 Å². The van der Waals surface area contributed by atoms with Crippen LogP contribution in [0, 0.1) is 0 Å². The third-order valence-corrected chi connectivity index (χ3v) is 2.42. The molecule has 1 amide bonds. The smallest absolute Gasteiger partial charge is 0.307 e. The van der Waals surface area contributed by atoms with E-state index in [1.807, 2.05) is 0 Å². The predicted molar refractivity (Wildman–Crippen MR) is 51.8 cm³/mol. The third-order valence-electron chi connectivity index (χ3n) is 2.42. The van der Waals surface area contributed by atoms with Crippen LogP contribution in [0.5, 0.6) is 0 Å². The summed E-state index contributed by atoms with van der Waals surface area (Å²) in [7, 11) is 0. The van der Waals surface area contributed by atoms with Crippen LogP contribution in [0.1, 0.15) is 26.2 Å². The van der Waals surface area contributed by atoms with Crippen LogP contribution in [0.2, 0.25) is 0 Å². The first-order valence-corrected chi connectivity index (χ1v) is 4.75. The fraction of sp³-hybridized carbons (Fsp3) is 0.600. The lowest BCUT2D eigenvalue weighted by Crippen LogP contribution is -2.34. The number of carboxylic acid groups (broad SMARTS) is 1. The Morgan fingerprint density at radius 3 is 2.43 bits per heavy atom. The number of hydrogen-bond donors (Lipinski definition) is 1. The van der Waals surface area contributed by atoms with Crippen molar-refractivity contribution in [2.45, 2.75) is 26.2 Å². The van der Waals surface area contributed by atoms with Crippen LogP contribution in [0.4, 0.5) is 0 Å². The molecule has 14 heavy (non-hydrogen) atoms. The minimum Gasteiger partial charge on any atom is -0.481 e. The largest absolute Gasteiger partial charge is 0.481 e. The molecule has 1 heterocycles. The monoisotopic (exact) mass is 197 g/mol. The van der Waals surface area contributed by atoms with Gasteiger partial charge in [-0.25, -0.2) is 0 Å². The van der Waals surface area contributed by atoms with Crippen LogP contribution in [0.25, 0.3) is 0 Å². The van der Waals surface area contributed by atoms with Crippen LogP contribution in [0.15, 0.2) is 11.6 Å². The number of carboxylic acids is 1. The van der Waals surface area contributed by atoms with E-state index in [4.69, 9.17) is 5.11 Å². The molecule has 1 fully saturated rings. The maximum atomic E-state index is 11.0. The highest BCUT2D eigenvalue weighted by Gasteiger charge is 2.15. The summed E-state index contributed by atoms with van der Waals surface area (Å²) in [6.07, 6.45) is 3.48. The lowest BCUT2D eigenvalue weighted by molar-refractivity contribution is -0.136. The van der Waals surface area contributed by atoms with E-state index < -0.39 is 5.97 Å². The zero-order valence-electron chi connectivity index (χ0n) is 8.32. The number of piperidine rings is 1. The molecule has 0 bridgehead atoms. The maximum Gasteiger partial charge on any atom is 0.307 e. The molecule has 0 aliphatic carbocycles. The lowest BCUT2D eigenvalue weighted by Gasteiger charge is -2.27. The first-order valence-electron chi connectivity index (χ1n) is 4.75. The van der Waals surface area contributed by atoms with Gasteiger partial charge in [0.15, 0.2) is 0 Å². The van der Waals surface area contributed by atoms with E-state index in [-0.39, 0.29) is 12.3 Å². The first-order chi connectivity index (χ1) is 6.59. The molecule has 0 spiro atoms. The van der Waals surface area contributed by atoms with Crippen molar-refractivity contribution in [3.8, 4) is 0 Å². The van der Waals surface area contributed by atoms with E-state index >= 15 is 0 Å². The predicted octanol–water partition coefficient (Wildman–Crippen LogP) is 1.03. The second-order valence-electron chi connectivity index (χ2n) is 3.47. The molecule has 78 valence electrons. The minimum absolute atomic E-state index is 0.0927. The van der Waals surface area contributed by atoms with Crippen molar-refractivity contribution in [2.24, 2.45) is 0 Å². The average molecular weight is 197 g/mol. The maximum absolute atomic E-state index is 11.0. The Bertz CT molecular complexity index is 261. The van der Waals surface area contributed by atoms with Gasteiger partial charge in [0.1, 0.15) is 0 Å². The Morgan fingerprint density at radius 1 is 1.43 bits per heavy atom. The quantitative estimate of drug-likeness (QED) is 0.672. The van der Waals surface area contributed by atoms with Gasteiger partial charge in [0.05, 0.1) is 6.42 Å². The van der Waals surface area contributed by atoms with E-state index in [2.05, 4.69) is 0 Å². The van der Waals surface area contributed by atoms with Crippen molar-refractivity contribution in [3.05, 3.63) is 11.6 Å². The lowest BCUT2D eigenvalue weighted by atomic mass is 10.0. The van der Waals surface area contributed by atoms with Crippen molar-refractivity contribution in [1.29, 1.82) is 0 Å². The molecule has 1 N–H and O–H groups in total. The van der Waals surface area contributed by atoms with Gasteiger partial charge in [-0.15, -0.1) is 0 Å². The fourth-order valence-corrected chi connectivity index (χ4v) is 1.54. The minimum atomic E-state index is -0.800. The van der Waals surface area contributed by atoms with Gasteiger partial charge in [-0.2, -0.15) is 0 Å². The highest BCUT2D eigenvalue weighted by Crippen LogP contribution is 2.16. The molecule has 1 aliphatic rings. The Balaban J connectivity index is 2.39. The van der Waals surface area contributed by atoms with Crippen LogP contribution in [0.3, 0.4) is 0 Å². The zero-order valence-corrected chi connectivity index (χ0v) is 8.32. The summed E-state index contributed by atoms with van der Waals surface area (Å²) in [5.41, 5.74) is 1.16. The summed E-state index contributed by atoms with van der Waals surface area (Å²) in [6.45, 7) is 3.01. The highest BCUT2D eigenvalue weighted by molar-refractivity contribution is 5.73. The first kappa shape index (κ1) is 10.8.